The van der Waals surface area contributed by atoms with Crippen LogP contribution >= 0.6 is 11.8 Å². The van der Waals surface area contributed by atoms with Gasteiger partial charge in [-0.2, -0.15) is 0 Å². The van der Waals surface area contributed by atoms with E-state index in [1.165, 1.54) is 12.0 Å². The molecule has 1 aliphatic rings. The second-order valence-corrected chi connectivity index (χ2v) is 8.21. The minimum absolute atomic E-state index is 0.115. The van der Waals surface area contributed by atoms with Gasteiger partial charge in [-0.1, -0.05) is 25.0 Å². The van der Waals surface area contributed by atoms with E-state index in [1.807, 2.05) is 31.2 Å². The van der Waals surface area contributed by atoms with Crippen molar-refractivity contribution in [1.82, 2.24) is 0 Å². The van der Waals surface area contributed by atoms with Crippen molar-refractivity contribution in [3.8, 4) is 5.75 Å². The lowest BCUT2D eigenvalue weighted by Gasteiger charge is -2.32. The summed E-state index contributed by atoms with van der Waals surface area (Å²) < 4.78 is 16.0. The lowest BCUT2D eigenvalue weighted by Crippen LogP contribution is -2.32. The van der Waals surface area contributed by atoms with Gasteiger partial charge < -0.3 is 14.2 Å². The van der Waals surface area contributed by atoms with Gasteiger partial charge in [0.1, 0.15) is 11.0 Å². The number of rotatable bonds is 9. The number of esters is 1. The molecule has 1 aromatic rings. The van der Waals surface area contributed by atoms with Crippen molar-refractivity contribution in [1.29, 1.82) is 0 Å². The minimum Gasteiger partial charge on any atom is -0.497 e. The Morgan fingerprint density at radius 1 is 1.26 bits per heavy atom. The van der Waals surface area contributed by atoms with E-state index in [2.05, 4.69) is 13.0 Å². The number of ether oxygens (including phenoxy) is 3. The van der Waals surface area contributed by atoms with Crippen LogP contribution in [0.2, 0.25) is 0 Å². The van der Waals surface area contributed by atoms with Gasteiger partial charge >= 0.3 is 5.97 Å². The molecule has 5 heteroatoms. The molecule has 1 saturated carbocycles. The zero-order chi connectivity index (χ0) is 19.6. The Morgan fingerprint density at radius 2 is 2.00 bits per heavy atom. The molecule has 0 saturated heterocycles. The fraction of sp³-hybridized carbons (Fsp3) is 0.591. The van der Waals surface area contributed by atoms with E-state index in [0.29, 0.717) is 19.1 Å². The third-order valence-corrected chi connectivity index (χ3v) is 6.16. The molecule has 3 atom stereocenters. The Balaban J connectivity index is 2.25. The molecule has 0 N–H and O–H groups in total. The van der Waals surface area contributed by atoms with Gasteiger partial charge in [-0.05, 0) is 56.4 Å². The quantitative estimate of drug-likeness (QED) is 0.332. The number of carbonyl (C=O) groups excluding carboxylic acids is 1. The molecule has 150 valence electrons. The Labute approximate surface area is 167 Å². The smallest absolute Gasteiger partial charge is 0.320 e. The molecule has 1 aromatic carbocycles. The molecule has 0 unspecified atom stereocenters. The van der Waals surface area contributed by atoms with E-state index in [4.69, 9.17) is 14.2 Å². The number of carbonyl (C=O) groups is 1. The molecule has 1 aliphatic carbocycles. The highest BCUT2D eigenvalue weighted by atomic mass is 32.2. The number of hydrogen-bond donors (Lipinski definition) is 0. The average molecular weight is 393 g/mol. The van der Waals surface area contributed by atoms with E-state index in [0.717, 1.165) is 29.9 Å². The summed E-state index contributed by atoms with van der Waals surface area (Å²) in [6, 6.07) is 7.89. The number of thioether (sulfide) groups is 1. The van der Waals surface area contributed by atoms with Crippen molar-refractivity contribution in [3.05, 3.63) is 35.9 Å². The molecule has 0 spiro atoms. The lowest BCUT2D eigenvalue weighted by atomic mass is 9.80. The summed E-state index contributed by atoms with van der Waals surface area (Å²) in [5.74, 6) is 1.26. The Hall–Kier alpha value is -1.46. The van der Waals surface area contributed by atoms with Crippen LogP contribution in [0, 0.1) is 11.8 Å². The van der Waals surface area contributed by atoms with Crippen molar-refractivity contribution >= 4 is 17.7 Å². The molecule has 0 aromatic heterocycles. The summed E-state index contributed by atoms with van der Waals surface area (Å²) in [5, 5.41) is -0.223. The first-order valence-electron chi connectivity index (χ1n) is 9.75. The standard InChI is InChI=1S/C22H32O4S/c1-5-26-22(23)21(27-19-12-10-18(25-4)11-13-19)20-9-7-6-8-17(20)14-16(2)15-24-3/h10-14,16,20-21H,5-9,15H2,1-4H3/b17-14+/t16-,20-,21-/m0/s1. The first kappa shape index (κ1) is 21.8. The molecule has 0 radical (unpaired) electrons. The van der Waals surface area contributed by atoms with E-state index < -0.39 is 0 Å². The first-order valence-corrected chi connectivity index (χ1v) is 10.6. The molecule has 1 fully saturated rings. The summed E-state index contributed by atoms with van der Waals surface area (Å²) in [7, 11) is 3.39. The van der Waals surface area contributed by atoms with Crippen molar-refractivity contribution in [2.75, 3.05) is 27.4 Å². The predicted molar refractivity (Wildman–Crippen MR) is 110 cm³/mol. The fourth-order valence-corrected chi connectivity index (χ4v) is 4.84. The maximum absolute atomic E-state index is 12.8. The molecular weight excluding hydrogens is 360 g/mol. The molecule has 0 heterocycles. The maximum Gasteiger partial charge on any atom is 0.320 e. The van der Waals surface area contributed by atoms with E-state index >= 15 is 0 Å². The number of hydrogen-bond acceptors (Lipinski definition) is 5. The molecule has 27 heavy (non-hydrogen) atoms. The van der Waals surface area contributed by atoms with Crippen LogP contribution in [0.5, 0.6) is 5.75 Å². The lowest BCUT2D eigenvalue weighted by molar-refractivity contribution is -0.143. The van der Waals surface area contributed by atoms with E-state index in [-0.39, 0.29) is 17.1 Å². The Kier molecular flexibility index (Phi) is 9.22. The average Bonchev–Trinajstić information content (AvgIpc) is 2.67. The van der Waals surface area contributed by atoms with Crippen LogP contribution in [0.4, 0.5) is 0 Å². The van der Waals surface area contributed by atoms with Crippen molar-refractivity contribution in [2.45, 2.75) is 49.7 Å². The normalized spacial score (nSPS) is 20.9. The van der Waals surface area contributed by atoms with Crippen LogP contribution in [-0.2, 0) is 14.3 Å². The van der Waals surface area contributed by atoms with E-state index in [9.17, 15) is 4.79 Å². The van der Waals surface area contributed by atoms with Crippen LogP contribution in [0.25, 0.3) is 0 Å². The molecule has 0 aliphatic heterocycles. The zero-order valence-corrected chi connectivity index (χ0v) is 17.7. The highest BCUT2D eigenvalue weighted by Crippen LogP contribution is 2.40. The summed E-state index contributed by atoms with van der Waals surface area (Å²) in [5.41, 5.74) is 1.38. The molecule has 4 nitrogen and oxygen atoms in total. The second-order valence-electron chi connectivity index (χ2n) is 6.99. The van der Waals surface area contributed by atoms with Gasteiger partial charge in [0.05, 0.1) is 20.3 Å². The fourth-order valence-electron chi connectivity index (χ4n) is 3.61. The molecule has 0 amide bonds. The highest BCUT2D eigenvalue weighted by Gasteiger charge is 2.34. The summed E-state index contributed by atoms with van der Waals surface area (Å²) in [4.78, 5) is 13.9. The molecule has 2 rings (SSSR count). The predicted octanol–water partition coefficient (Wildman–Crippen LogP) is 5.12. The van der Waals surface area contributed by atoms with Gasteiger partial charge in [0.15, 0.2) is 0 Å². The Morgan fingerprint density at radius 3 is 2.63 bits per heavy atom. The van der Waals surface area contributed by atoms with Crippen LogP contribution in [0.1, 0.15) is 39.5 Å². The minimum atomic E-state index is -0.223. The molecular formula is C22H32O4S. The largest absolute Gasteiger partial charge is 0.497 e. The topological polar surface area (TPSA) is 44.8 Å². The highest BCUT2D eigenvalue weighted by molar-refractivity contribution is 8.00. The van der Waals surface area contributed by atoms with Gasteiger partial charge in [0.2, 0.25) is 0 Å². The number of allylic oxidation sites excluding steroid dienone is 1. The SMILES string of the molecule is CCOC(=O)[C@@H](Sc1ccc(OC)cc1)[C@H]1CCCC/C1=C\[C@H](C)COC. The monoisotopic (exact) mass is 392 g/mol. The van der Waals surface area contributed by atoms with Crippen LogP contribution in [0.15, 0.2) is 40.8 Å². The number of benzene rings is 1. The zero-order valence-electron chi connectivity index (χ0n) is 16.9. The van der Waals surface area contributed by atoms with Crippen LogP contribution in [-0.4, -0.2) is 38.7 Å². The Bertz CT molecular complexity index is 611. The third kappa shape index (κ3) is 6.58. The van der Waals surface area contributed by atoms with Gasteiger partial charge in [-0.25, -0.2) is 0 Å². The maximum atomic E-state index is 12.8. The first-order chi connectivity index (χ1) is 13.1. The van der Waals surface area contributed by atoms with Crippen LogP contribution in [0.3, 0.4) is 0 Å². The summed E-state index contributed by atoms with van der Waals surface area (Å²) in [6.07, 6.45) is 6.73. The van der Waals surface area contributed by atoms with Gasteiger partial charge in [-0.3, -0.25) is 4.79 Å². The number of methoxy groups -OCH3 is 2. The van der Waals surface area contributed by atoms with Crippen molar-refractivity contribution in [2.24, 2.45) is 11.8 Å². The van der Waals surface area contributed by atoms with Crippen molar-refractivity contribution < 1.29 is 19.0 Å². The molecule has 0 bridgehead atoms. The van der Waals surface area contributed by atoms with Crippen molar-refractivity contribution in [3.63, 3.8) is 0 Å². The van der Waals surface area contributed by atoms with Gasteiger partial charge in [0.25, 0.3) is 0 Å². The summed E-state index contributed by atoms with van der Waals surface area (Å²) in [6.45, 7) is 5.14. The van der Waals surface area contributed by atoms with Crippen LogP contribution < -0.4 is 4.74 Å². The van der Waals surface area contributed by atoms with E-state index in [1.54, 1.807) is 26.0 Å². The second kappa shape index (κ2) is 11.4. The summed E-state index contributed by atoms with van der Waals surface area (Å²) >= 11 is 1.60. The van der Waals surface area contributed by atoms with Gasteiger partial charge in [-0.15, -0.1) is 11.8 Å². The van der Waals surface area contributed by atoms with Gasteiger partial charge in [0, 0.05) is 17.9 Å². The third-order valence-electron chi connectivity index (χ3n) is 4.84.